The van der Waals surface area contributed by atoms with Gasteiger partial charge >= 0.3 is 0 Å². The second kappa shape index (κ2) is 6.08. The quantitative estimate of drug-likeness (QED) is 0.518. The Morgan fingerprint density at radius 3 is 2.76 bits per heavy atom. The van der Waals surface area contributed by atoms with E-state index in [0.29, 0.717) is 22.4 Å². The number of hydrogen-bond acceptors (Lipinski definition) is 6. The van der Waals surface area contributed by atoms with Crippen molar-refractivity contribution in [2.75, 3.05) is 5.73 Å². The average molecular weight is 311 g/mol. The van der Waals surface area contributed by atoms with Crippen LogP contribution >= 0.6 is 11.8 Å². The molecule has 112 valence electrons. The highest BCUT2D eigenvalue weighted by atomic mass is 32.2. The van der Waals surface area contributed by atoms with Gasteiger partial charge in [0.15, 0.2) is 5.16 Å². The summed E-state index contributed by atoms with van der Waals surface area (Å²) < 4.78 is 15.1. The lowest BCUT2D eigenvalue weighted by Crippen LogP contribution is -2.07. The second-order valence-electron chi connectivity index (χ2n) is 4.67. The normalized spacial score (nSPS) is 11.0. The molecule has 9 heteroatoms. The topological polar surface area (TPSA) is 99.9 Å². The van der Waals surface area contributed by atoms with Gasteiger partial charge in [-0.05, 0) is 25.5 Å². The van der Waals surface area contributed by atoms with Crippen molar-refractivity contribution in [3.8, 4) is 0 Å². The fourth-order valence-corrected chi connectivity index (χ4v) is 2.85. The van der Waals surface area contributed by atoms with E-state index in [1.54, 1.807) is 4.57 Å². The first kappa shape index (κ1) is 15.2. The number of anilines is 1. The van der Waals surface area contributed by atoms with E-state index >= 15 is 0 Å². The zero-order valence-electron chi connectivity index (χ0n) is 11.5. The summed E-state index contributed by atoms with van der Waals surface area (Å²) in [5.74, 6) is 0.00561. The Morgan fingerprint density at radius 1 is 1.43 bits per heavy atom. The minimum Gasteiger partial charge on any atom is -0.368 e. The number of nitrogen functional groups attached to an aromatic ring is 1. The molecule has 21 heavy (non-hydrogen) atoms. The predicted molar refractivity (Wildman–Crippen MR) is 77.4 cm³/mol. The van der Waals surface area contributed by atoms with Crippen molar-refractivity contribution in [3.05, 3.63) is 39.7 Å². The molecule has 1 aromatic carbocycles. The molecular formula is C12H14FN5O2S. The summed E-state index contributed by atoms with van der Waals surface area (Å²) in [6.07, 6.45) is 0. The molecule has 0 amide bonds. The van der Waals surface area contributed by atoms with E-state index < -0.39 is 10.7 Å². The number of non-ortho nitro benzene ring substituents is 1. The summed E-state index contributed by atoms with van der Waals surface area (Å²) in [7, 11) is 0. The highest BCUT2D eigenvalue weighted by molar-refractivity contribution is 7.98. The molecule has 2 N–H and O–H groups in total. The summed E-state index contributed by atoms with van der Waals surface area (Å²) >= 11 is 1.30. The molecule has 2 rings (SSSR count). The van der Waals surface area contributed by atoms with Gasteiger partial charge in [-0.3, -0.25) is 14.7 Å². The van der Waals surface area contributed by atoms with E-state index in [-0.39, 0.29) is 11.7 Å². The number of nitrogens with two attached hydrogens (primary N) is 1. The first-order valence-electron chi connectivity index (χ1n) is 6.15. The smallest absolute Gasteiger partial charge is 0.272 e. The molecule has 0 saturated heterocycles. The number of thioether (sulfide) groups is 1. The van der Waals surface area contributed by atoms with E-state index in [0.717, 1.165) is 6.07 Å². The molecule has 0 atom stereocenters. The fourth-order valence-electron chi connectivity index (χ4n) is 1.84. The van der Waals surface area contributed by atoms with Crippen molar-refractivity contribution < 1.29 is 9.31 Å². The van der Waals surface area contributed by atoms with E-state index in [4.69, 9.17) is 5.73 Å². The summed E-state index contributed by atoms with van der Waals surface area (Å²) in [5.41, 5.74) is 5.96. The van der Waals surface area contributed by atoms with Gasteiger partial charge in [0.25, 0.3) is 5.69 Å². The molecule has 0 aliphatic heterocycles. The largest absolute Gasteiger partial charge is 0.368 e. The zero-order chi connectivity index (χ0) is 15.6. The van der Waals surface area contributed by atoms with Gasteiger partial charge < -0.3 is 5.73 Å². The van der Waals surface area contributed by atoms with Crippen LogP contribution in [0.1, 0.15) is 25.5 Å². The van der Waals surface area contributed by atoms with Gasteiger partial charge in [-0.25, -0.2) is 4.39 Å². The molecule has 0 radical (unpaired) electrons. The standard InChI is InChI=1S/C12H14FN5O2S/c1-7(2)17-11(14)15-16-12(17)21-6-8-3-9(13)5-10(4-8)18(19)20/h3-5,7H,6H2,1-2H3,(H2,14,15). The molecule has 0 aliphatic rings. The zero-order valence-corrected chi connectivity index (χ0v) is 12.3. The first-order valence-corrected chi connectivity index (χ1v) is 7.14. The first-order chi connectivity index (χ1) is 9.88. The average Bonchev–Trinajstić information content (AvgIpc) is 2.77. The Morgan fingerprint density at radius 2 is 2.14 bits per heavy atom. The third kappa shape index (κ3) is 3.48. The second-order valence-corrected chi connectivity index (χ2v) is 5.61. The minimum atomic E-state index is -0.635. The van der Waals surface area contributed by atoms with E-state index in [2.05, 4.69) is 10.2 Å². The van der Waals surface area contributed by atoms with Gasteiger partial charge in [0, 0.05) is 17.9 Å². The van der Waals surface area contributed by atoms with Crippen molar-refractivity contribution in [2.45, 2.75) is 30.8 Å². The van der Waals surface area contributed by atoms with Crippen LogP contribution in [0.2, 0.25) is 0 Å². The number of aromatic nitrogens is 3. The number of hydrogen-bond donors (Lipinski definition) is 1. The third-order valence-corrected chi connectivity index (χ3v) is 3.74. The molecule has 0 spiro atoms. The van der Waals surface area contributed by atoms with Crippen LogP contribution in [-0.2, 0) is 5.75 Å². The number of halogens is 1. The van der Waals surface area contributed by atoms with Gasteiger partial charge in [0.1, 0.15) is 5.82 Å². The number of nitro benzene ring substituents is 1. The van der Waals surface area contributed by atoms with E-state index in [9.17, 15) is 14.5 Å². The van der Waals surface area contributed by atoms with Gasteiger partial charge in [-0.1, -0.05) is 11.8 Å². The Bertz CT molecular complexity index is 674. The molecule has 0 fully saturated rings. The number of nitro groups is 1. The van der Waals surface area contributed by atoms with Gasteiger partial charge in [0.05, 0.1) is 11.0 Å². The lowest BCUT2D eigenvalue weighted by molar-refractivity contribution is -0.385. The van der Waals surface area contributed by atoms with Crippen LogP contribution in [0.25, 0.3) is 0 Å². The van der Waals surface area contributed by atoms with Crippen LogP contribution in [0.4, 0.5) is 16.0 Å². The van der Waals surface area contributed by atoms with Crippen molar-refractivity contribution in [1.29, 1.82) is 0 Å². The summed E-state index contributed by atoms with van der Waals surface area (Å²) in [5, 5.41) is 19.1. The molecule has 0 unspecified atom stereocenters. The maximum absolute atomic E-state index is 13.4. The molecule has 0 aliphatic carbocycles. The predicted octanol–water partition coefficient (Wildman–Crippen LogP) is 2.78. The van der Waals surface area contributed by atoms with Crippen LogP contribution in [0, 0.1) is 15.9 Å². The Labute approximate surface area is 124 Å². The number of nitrogens with zero attached hydrogens (tertiary/aromatic N) is 4. The summed E-state index contributed by atoms with van der Waals surface area (Å²) in [6, 6.07) is 3.59. The van der Waals surface area contributed by atoms with Gasteiger partial charge in [-0.2, -0.15) is 0 Å². The molecule has 1 heterocycles. The minimum absolute atomic E-state index is 0.0874. The van der Waals surface area contributed by atoms with Crippen LogP contribution < -0.4 is 5.73 Å². The highest BCUT2D eigenvalue weighted by Gasteiger charge is 2.14. The Balaban J connectivity index is 2.19. The Hall–Kier alpha value is -2.16. The maximum atomic E-state index is 13.4. The van der Waals surface area contributed by atoms with Crippen molar-refractivity contribution in [2.24, 2.45) is 0 Å². The monoisotopic (exact) mass is 311 g/mol. The third-order valence-electron chi connectivity index (χ3n) is 2.73. The van der Waals surface area contributed by atoms with Crippen LogP contribution in [0.5, 0.6) is 0 Å². The number of benzene rings is 1. The lowest BCUT2D eigenvalue weighted by Gasteiger charge is -2.11. The Kier molecular flexibility index (Phi) is 4.41. The van der Waals surface area contributed by atoms with Gasteiger partial charge in [-0.15, -0.1) is 10.2 Å². The lowest BCUT2D eigenvalue weighted by atomic mass is 10.2. The maximum Gasteiger partial charge on any atom is 0.272 e. The van der Waals surface area contributed by atoms with E-state index in [1.165, 1.54) is 23.9 Å². The molecule has 0 bridgehead atoms. The SMILES string of the molecule is CC(C)n1c(N)nnc1SCc1cc(F)cc([N+](=O)[O-])c1. The van der Waals surface area contributed by atoms with Crippen molar-refractivity contribution in [3.63, 3.8) is 0 Å². The van der Waals surface area contributed by atoms with Crippen LogP contribution in [0.3, 0.4) is 0 Å². The van der Waals surface area contributed by atoms with Crippen molar-refractivity contribution in [1.82, 2.24) is 14.8 Å². The summed E-state index contributed by atoms with van der Waals surface area (Å²) in [6.45, 7) is 3.88. The highest BCUT2D eigenvalue weighted by Crippen LogP contribution is 2.27. The van der Waals surface area contributed by atoms with E-state index in [1.807, 2.05) is 13.8 Å². The molecule has 7 nitrogen and oxygen atoms in total. The van der Waals surface area contributed by atoms with Gasteiger partial charge in [0.2, 0.25) is 5.95 Å². The fraction of sp³-hybridized carbons (Fsp3) is 0.333. The molecule has 1 aromatic heterocycles. The van der Waals surface area contributed by atoms with Crippen LogP contribution in [0.15, 0.2) is 23.4 Å². The number of rotatable bonds is 5. The molecular weight excluding hydrogens is 297 g/mol. The van der Waals surface area contributed by atoms with Crippen LogP contribution in [-0.4, -0.2) is 19.7 Å². The van der Waals surface area contributed by atoms with Crippen molar-refractivity contribution >= 4 is 23.4 Å². The summed E-state index contributed by atoms with van der Waals surface area (Å²) in [4.78, 5) is 10.1. The molecule has 2 aromatic rings. The molecule has 0 saturated carbocycles.